The average molecular weight is 391 g/mol. The van der Waals surface area contributed by atoms with Crippen molar-refractivity contribution in [2.45, 2.75) is 20.3 Å². The number of tetrazole rings is 1. The Morgan fingerprint density at radius 1 is 1.14 bits per heavy atom. The summed E-state index contributed by atoms with van der Waals surface area (Å²) in [5.74, 6) is -0.717. The number of nitrogens with zero attached hydrogens (tertiary/aromatic N) is 4. The van der Waals surface area contributed by atoms with Crippen LogP contribution in [0.2, 0.25) is 0 Å². The molecule has 1 N–H and O–H groups in total. The summed E-state index contributed by atoms with van der Waals surface area (Å²) < 4.78 is 6.49. The van der Waals surface area contributed by atoms with Gasteiger partial charge in [0.2, 0.25) is 0 Å². The number of amides is 1. The van der Waals surface area contributed by atoms with Crippen LogP contribution in [0.15, 0.2) is 54.6 Å². The molecule has 0 aliphatic rings. The summed E-state index contributed by atoms with van der Waals surface area (Å²) in [6, 6.07) is 16.7. The van der Waals surface area contributed by atoms with Gasteiger partial charge >= 0.3 is 5.97 Å². The first kappa shape index (κ1) is 19.9. The Morgan fingerprint density at radius 2 is 1.93 bits per heavy atom. The number of aromatic nitrogens is 4. The molecule has 0 atom stereocenters. The molecule has 3 rings (SSSR count). The number of benzene rings is 2. The maximum atomic E-state index is 12.7. The highest BCUT2D eigenvalue weighted by atomic mass is 16.5. The van der Waals surface area contributed by atoms with Gasteiger partial charge in [0, 0.05) is 5.69 Å². The number of nitrogens with one attached hydrogen (secondary N) is 1. The Morgan fingerprint density at radius 3 is 2.62 bits per heavy atom. The second kappa shape index (κ2) is 9.41. The minimum absolute atomic E-state index is 0.111. The van der Waals surface area contributed by atoms with Crippen LogP contribution in [0.4, 0.5) is 5.69 Å². The lowest BCUT2D eigenvalue weighted by atomic mass is 10.1. The third-order valence-electron chi connectivity index (χ3n) is 4.12. The number of anilines is 1. The first-order valence-corrected chi connectivity index (χ1v) is 9.15. The molecule has 0 aliphatic carbocycles. The fourth-order valence-corrected chi connectivity index (χ4v) is 2.64. The van der Waals surface area contributed by atoms with Crippen molar-refractivity contribution in [3.63, 3.8) is 0 Å². The minimum Gasteiger partial charge on any atom is -0.451 e. The fourth-order valence-electron chi connectivity index (χ4n) is 2.64. The van der Waals surface area contributed by atoms with E-state index in [0.29, 0.717) is 11.5 Å². The van der Waals surface area contributed by atoms with Crippen LogP contribution in [0.3, 0.4) is 0 Å². The maximum absolute atomic E-state index is 12.7. The van der Waals surface area contributed by atoms with Crippen molar-refractivity contribution in [1.29, 1.82) is 0 Å². The summed E-state index contributed by atoms with van der Waals surface area (Å²) in [7, 11) is 0. The Kier molecular flexibility index (Phi) is 6.47. The molecule has 1 heterocycles. The Balaban J connectivity index is 1.71. The summed E-state index contributed by atoms with van der Waals surface area (Å²) in [5.41, 5.74) is 2.64. The highest BCUT2D eigenvalue weighted by Crippen LogP contribution is 2.14. The van der Waals surface area contributed by atoms with Gasteiger partial charge in [0.15, 0.2) is 18.1 Å². The molecular weight excluding hydrogens is 370 g/mol. The van der Waals surface area contributed by atoms with E-state index >= 15 is 0 Å². The van der Waals surface area contributed by atoms with E-state index in [1.807, 2.05) is 55.5 Å². The first-order valence-electron chi connectivity index (χ1n) is 9.15. The molecule has 0 radical (unpaired) electrons. The third-order valence-corrected chi connectivity index (χ3v) is 4.12. The van der Waals surface area contributed by atoms with E-state index in [1.54, 1.807) is 19.1 Å². The zero-order chi connectivity index (χ0) is 20.6. The number of esters is 1. The van der Waals surface area contributed by atoms with Crippen LogP contribution >= 0.6 is 0 Å². The van der Waals surface area contributed by atoms with Gasteiger partial charge in [-0.2, -0.15) is 4.68 Å². The van der Waals surface area contributed by atoms with Crippen LogP contribution in [-0.4, -0.2) is 38.7 Å². The highest BCUT2D eigenvalue weighted by Gasteiger charge is 2.19. The molecule has 29 heavy (non-hydrogen) atoms. The highest BCUT2D eigenvalue weighted by molar-refractivity contribution is 6.15. The van der Waals surface area contributed by atoms with Crippen LogP contribution in [0.1, 0.15) is 23.9 Å². The lowest BCUT2D eigenvalue weighted by Crippen LogP contribution is -2.23. The lowest BCUT2D eigenvalue weighted by molar-refractivity contribution is -0.141. The summed E-state index contributed by atoms with van der Waals surface area (Å²) in [6.45, 7) is 3.27. The molecule has 0 aliphatic heterocycles. The van der Waals surface area contributed by atoms with Gasteiger partial charge in [-0.05, 0) is 53.1 Å². The van der Waals surface area contributed by atoms with E-state index in [9.17, 15) is 9.59 Å². The monoisotopic (exact) mass is 391 g/mol. The van der Waals surface area contributed by atoms with Gasteiger partial charge in [-0.1, -0.05) is 49.4 Å². The van der Waals surface area contributed by atoms with Crippen LogP contribution in [0.25, 0.3) is 11.8 Å². The molecule has 0 saturated heterocycles. The number of rotatable bonds is 7. The van der Waals surface area contributed by atoms with Crippen molar-refractivity contribution in [2.75, 3.05) is 11.9 Å². The molecule has 148 valence electrons. The van der Waals surface area contributed by atoms with E-state index in [2.05, 4.69) is 20.8 Å². The van der Waals surface area contributed by atoms with Crippen molar-refractivity contribution >= 4 is 29.3 Å². The molecule has 1 aromatic heterocycles. The van der Waals surface area contributed by atoms with Gasteiger partial charge in [-0.15, -0.1) is 5.10 Å². The second-order valence-electron chi connectivity index (χ2n) is 6.26. The van der Waals surface area contributed by atoms with Crippen molar-refractivity contribution in [2.24, 2.45) is 0 Å². The quantitative estimate of drug-likeness (QED) is 0.491. The van der Waals surface area contributed by atoms with Crippen LogP contribution in [0, 0.1) is 6.92 Å². The molecular formula is C21H21N5O3. The average Bonchev–Trinajstić information content (AvgIpc) is 3.16. The smallest absolute Gasteiger partial charge is 0.357 e. The van der Waals surface area contributed by atoms with E-state index in [0.717, 1.165) is 17.5 Å². The largest absolute Gasteiger partial charge is 0.451 e. The Labute approximate surface area is 168 Å². The van der Waals surface area contributed by atoms with Crippen molar-refractivity contribution in [3.8, 4) is 0 Å². The summed E-state index contributed by atoms with van der Waals surface area (Å²) in [6.07, 6.45) is 2.46. The fraction of sp³-hybridized carbons (Fsp3) is 0.190. The number of hydrogen-bond donors (Lipinski definition) is 1. The SMILES string of the molecule is CCc1cccc(NC(=O)COC(=O)/C(=C/c2ccccc2)n2nnnc2C)c1. The predicted octanol–water partition coefficient (Wildman–Crippen LogP) is 2.72. The van der Waals surface area contributed by atoms with Crippen LogP contribution in [0.5, 0.6) is 0 Å². The molecule has 1 amide bonds. The predicted molar refractivity (Wildman–Crippen MR) is 109 cm³/mol. The van der Waals surface area contributed by atoms with Crippen LogP contribution in [-0.2, 0) is 20.7 Å². The van der Waals surface area contributed by atoms with E-state index in [1.165, 1.54) is 4.68 Å². The van der Waals surface area contributed by atoms with Crippen molar-refractivity contribution in [3.05, 3.63) is 71.5 Å². The molecule has 0 saturated carbocycles. The second-order valence-corrected chi connectivity index (χ2v) is 6.26. The van der Waals surface area contributed by atoms with Gasteiger partial charge in [0.25, 0.3) is 5.91 Å². The van der Waals surface area contributed by atoms with Crippen molar-refractivity contribution < 1.29 is 14.3 Å². The summed E-state index contributed by atoms with van der Waals surface area (Å²) in [4.78, 5) is 24.9. The molecule has 0 unspecified atom stereocenters. The normalized spacial score (nSPS) is 11.2. The van der Waals surface area contributed by atoms with E-state index < -0.39 is 18.5 Å². The maximum Gasteiger partial charge on any atom is 0.357 e. The molecule has 8 heteroatoms. The number of aryl methyl sites for hydroxylation is 2. The Bertz CT molecular complexity index is 1030. The van der Waals surface area contributed by atoms with Gasteiger partial charge < -0.3 is 10.1 Å². The van der Waals surface area contributed by atoms with E-state index in [4.69, 9.17) is 4.74 Å². The number of carbonyl (C=O) groups is 2. The van der Waals surface area contributed by atoms with Gasteiger partial charge in [-0.3, -0.25) is 4.79 Å². The molecule has 3 aromatic rings. The standard InChI is InChI=1S/C21H21N5O3/c1-3-16-10-7-11-18(12-16)22-20(27)14-29-21(28)19(26-15(2)23-24-25-26)13-17-8-5-4-6-9-17/h4-13H,3,14H2,1-2H3,(H,22,27)/b19-13-. The van der Waals surface area contributed by atoms with Gasteiger partial charge in [0.05, 0.1) is 0 Å². The third kappa shape index (κ3) is 5.35. The molecule has 0 spiro atoms. The molecule has 0 fully saturated rings. The van der Waals surface area contributed by atoms with Gasteiger partial charge in [0.1, 0.15) is 0 Å². The summed E-state index contributed by atoms with van der Waals surface area (Å²) >= 11 is 0. The number of ether oxygens (including phenoxy) is 1. The van der Waals surface area contributed by atoms with Crippen LogP contribution < -0.4 is 5.32 Å². The minimum atomic E-state index is -0.707. The van der Waals surface area contributed by atoms with Gasteiger partial charge in [-0.25, -0.2) is 4.79 Å². The zero-order valence-corrected chi connectivity index (χ0v) is 16.2. The summed E-state index contributed by atoms with van der Waals surface area (Å²) in [5, 5.41) is 13.9. The molecule has 8 nitrogen and oxygen atoms in total. The molecule has 0 bridgehead atoms. The number of carbonyl (C=O) groups excluding carboxylic acids is 2. The lowest BCUT2D eigenvalue weighted by Gasteiger charge is -2.10. The Hall–Kier alpha value is -3.81. The van der Waals surface area contributed by atoms with E-state index in [-0.39, 0.29) is 5.70 Å². The first-order chi connectivity index (χ1) is 14.1. The topological polar surface area (TPSA) is 99.0 Å². The molecule has 2 aromatic carbocycles. The van der Waals surface area contributed by atoms with Crippen molar-refractivity contribution in [1.82, 2.24) is 20.2 Å². The number of hydrogen-bond acceptors (Lipinski definition) is 6. The zero-order valence-electron chi connectivity index (χ0n) is 16.2.